The van der Waals surface area contributed by atoms with Crippen molar-refractivity contribution in [3.8, 4) is 12.1 Å². The van der Waals surface area contributed by atoms with Crippen LogP contribution in [0.2, 0.25) is 0 Å². The lowest BCUT2D eigenvalue weighted by atomic mass is 9.62. The molecule has 2 heterocycles. The molecule has 0 saturated heterocycles. The Hall–Kier alpha value is -9.48. The maximum absolute atomic E-state index is 11.4. The van der Waals surface area contributed by atoms with Gasteiger partial charge in [0.15, 0.2) is 0 Å². The van der Waals surface area contributed by atoms with Gasteiger partial charge in [0.1, 0.15) is 12.1 Å². The summed E-state index contributed by atoms with van der Waals surface area (Å²) in [6.07, 6.45) is 0. The summed E-state index contributed by atoms with van der Waals surface area (Å²) in [6, 6.07) is 95.7. The number of rotatable bonds is 6. The third-order valence-electron chi connectivity index (χ3n) is 14.8. The smallest absolute Gasteiger partial charge is 0.101 e. The van der Waals surface area contributed by atoms with Crippen molar-refractivity contribution in [3.05, 3.63) is 310 Å². The van der Waals surface area contributed by atoms with Gasteiger partial charge in [0.2, 0.25) is 0 Å². The van der Waals surface area contributed by atoms with Crippen LogP contribution in [0.1, 0.15) is 55.6 Å². The van der Waals surface area contributed by atoms with E-state index in [0.717, 1.165) is 88.8 Å². The molecule has 0 aliphatic carbocycles. The van der Waals surface area contributed by atoms with Gasteiger partial charge < -0.3 is 9.80 Å². The van der Waals surface area contributed by atoms with Gasteiger partial charge in [-0.15, -0.1) is 0 Å². The number of hydrogen-bond donors (Lipinski definition) is 0. The lowest BCUT2D eigenvalue weighted by molar-refractivity contribution is 0.732. The average molecular weight is 891 g/mol. The highest BCUT2D eigenvalue weighted by molar-refractivity contribution is 6.08. The maximum Gasteiger partial charge on any atom is 0.101 e. The van der Waals surface area contributed by atoms with Crippen LogP contribution in [0.25, 0.3) is 21.5 Å². The van der Waals surface area contributed by atoms with Crippen molar-refractivity contribution in [3.63, 3.8) is 0 Å². The molecule has 4 nitrogen and oxygen atoms in total. The molecule has 0 saturated carbocycles. The minimum Gasteiger partial charge on any atom is -0.308 e. The van der Waals surface area contributed by atoms with E-state index in [4.69, 9.17) is 0 Å². The van der Waals surface area contributed by atoms with Gasteiger partial charge in [0, 0.05) is 10.8 Å². The second-order valence-electron chi connectivity index (χ2n) is 18.1. The van der Waals surface area contributed by atoms with Gasteiger partial charge in [0.05, 0.1) is 56.1 Å². The summed E-state index contributed by atoms with van der Waals surface area (Å²) in [5.41, 5.74) is 13.4. The van der Waals surface area contributed by atoms with Crippen molar-refractivity contribution in [2.24, 2.45) is 0 Å². The molecule has 70 heavy (non-hydrogen) atoms. The first-order valence-electron chi connectivity index (χ1n) is 23.7. The maximum atomic E-state index is 11.4. The number of nitriles is 2. The summed E-state index contributed by atoms with van der Waals surface area (Å²) in [4.78, 5) is 4.61. The molecule has 13 rings (SSSR count). The normalized spacial score (nSPS) is 13.9. The molecule has 0 unspecified atom stereocenters. The summed E-state index contributed by atoms with van der Waals surface area (Å²) in [5, 5.41) is 27.1. The first-order valence-corrected chi connectivity index (χ1v) is 23.7. The van der Waals surface area contributed by atoms with E-state index in [1.807, 2.05) is 0 Å². The summed E-state index contributed by atoms with van der Waals surface area (Å²) in [5.74, 6) is 0. The van der Waals surface area contributed by atoms with Gasteiger partial charge in [-0.2, -0.15) is 10.5 Å². The highest BCUT2D eigenvalue weighted by Gasteiger charge is 2.49. The third-order valence-corrected chi connectivity index (χ3v) is 14.8. The van der Waals surface area contributed by atoms with Crippen LogP contribution in [-0.2, 0) is 10.8 Å². The van der Waals surface area contributed by atoms with Gasteiger partial charge in [-0.05, 0) is 79.5 Å². The zero-order valence-electron chi connectivity index (χ0n) is 38.0. The Morgan fingerprint density at radius 2 is 0.614 bits per heavy atom. The van der Waals surface area contributed by atoms with Crippen molar-refractivity contribution in [2.75, 3.05) is 9.80 Å². The van der Waals surface area contributed by atoms with Crippen LogP contribution >= 0.6 is 0 Å². The highest BCUT2D eigenvalue weighted by atomic mass is 15.2. The van der Waals surface area contributed by atoms with Gasteiger partial charge in [-0.3, -0.25) is 0 Å². The molecule has 4 heteroatoms. The zero-order valence-corrected chi connectivity index (χ0v) is 38.0. The van der Waals surface area contributed by atoms with Gasteiger partial charge in [-0.1, -0.05) is 231 Å². The van der Waals surface area contributed by atoms with Crippen molar-refractivity contribution >= 4 is 55.7 Å². The molecule has 2 aliphatic heterocycles. The van der Waals surface area contributed by atoms with Crippen molar-refractivity contribution in [2.45, 2.75) is 10.8 Å². The van der Waals surface area contributed by atoms with E-state index >= 15 is 0 Å². The molecule has 0 spiro atoms. The minimum atomic E-state index is -0.737. The lowest BCUT2D eigenvalue weighted by Gasteiger charge is -2.48. The fourth-order valence-corrected chi connectivity index (χ4v) is 12.1. The molecule has 0 N–H and O–H groups in total. The lowest BCUT2D eigenvalue weighted by Crippen LogP contribution is -2.38. The Morgan fingerprint density at radius 1 is 0.286 bits per heavy atom. The number of hydrogen-bond acceptors (Lipinski definition) is 4. The standard InChI is InChI=1S/C66H42N4/c67-43-47-41-48(44-68)62(70-60-36-20-18-34-56(60)66(51-27-9-3-10-28-51,52-29-11-4-12-30-52)58-40-38-46-22-14-16-32-54(46)64(58)70)42-61(47)69-59-35-19-17-33-55(59)65(49-23-5-1-6-24-49,50-25-7-2-8-26-50)57-39-37-45-21-13-15-31-53(45)63(57)69/h1-42H. The first-order chi connectivity index (χ1) is 34.7. The van der Waals surface area contributed by atoms with Crippen molar-refractivity contribution in [1.82, 2.24) is 0 Å². The van der Waals surface area contributed by atoms with E-state index < -0.39 is 10.8 Å². The van der Waals surface area contributed by atoms with Crippen LogP contribution in [0.15, 0.2) is 255 Å². The molecule has 0 amide bonds. The third kappa shape index (κ3) is 5.69. The van der Waals surface area contributed by atoms with Crippen LogP contribution in [-0.4, -0.2) is 0 Å². The van der Waals surface area contributed by atoms with Crippen molar-refractivity contribution < 1.29 is 0 Å². The van der Waals surface area contributed by atoms with Gasteiger partial charge in [0.25, 0.3) is 0 Å². The molecule has 0 atom stereocenters. The van der Waals surface area contributed by atoms with Crippen LogP contribution in [0.3, 0.4) is 0 Å². The first kappa shape index (κ1) is 40.8. The Morgan fingerprint density at radius 3 is 0.986 bits per heavy atom. The number of benzene rings is 11. The van der Waals surface area contributed by atoms with E-state index in [2.05, 4.69) is 271 Å². The van der Waals surface area contributed by atoms with E-state index in [9.17, 15) is 10.5 Å². The van der Waals surface area contributed by atoms with Crippen LogP contribution < -0.4 is 9.80 Å². The molecular weight excluding hydrogens is 849 g/mol. The zero-order chi connectivity index (χ0) is 46.8. The summed E-state index contributed by atoms with van der Waals surface area (Å²) >= 11 is 0. The predicted octanol–water partition coefficient (Wildman–Crippen LogP) is 16.1. The second-order valence-corrected chi connectivity index (χ2v) is 18.1. The summed E-state index contributed by atoms with van der Waals surface area (Å²) < 4.78 is 0. The molecule has 0 bridgehead atoms. The fraction of sp³-hybridized carbons (Fsp3) is 0.0303. The Bertz CT molecular complexity index is 3590. The summed E-state index contributed by atoms with van der Waals surface area (Å²) in [6.45, 7) is 0. The molecule has 0 radical (unpaired) electrons. The van der Waals surface area contributed by atoms with Gasteiger partial charge >= 0.3 is 0 Å². The number of nitrogens with zero attached hydrogens (tertiary/aromatic N) is 4. The van der Waals surface area contributed by atoms with Gasteiger partial charge in [-0.25, -0.2) is 0 Å². The fourth-order valence-electron chi connectivity index (χ4n) is 12.1. The van der Waals surface area contributed by atoms with Crippen LogP contribution in [0.5, 0.6) is 0 Å². The molecule has 11 aromatic rings. The largest absolute Gasteiger partial charge is 0.308 e. The SMILES string of the molecule is N#Cc1cc(C#N)c(N2c3ccccc3C(c3ccccc3)(c3ccccc3)c3ccc4ccccc4c32)cc1N1c2ccccc2C(c2ccccc2)(c2ccccc2)c2ccc3ccccc3c21. The topological polar surface area (TPSA) is 54.1 Å². The van der Waals surface area contributed by atoms with E-state index in [1.165, 1.54) is 0 Å². The molecule has 326 valence electrons. The number of fused-ring (bicyclic) bond motifs is 8. The number of anilines is 6. The van der Waals surface area contributed by atoms with Crippen molar-refractivity contribution in [1.29, 1.82) is 10.5 Å². The highest BCUT2D eigenvalue weighted by Crippen LogP contribution is 2.62. The molecule has 0 aromatic heterocycles. The Labute approximate surface area is 407 Å². The molecular formula is C66H42N4. The molecule has 2 aliphatic rings. The van der Waals surface area contributed by atoms with Crippen LogP contribution in [0.4, 0.5) is 34.1 Å². The molecule has 0 fully saturated rings. The monoisotopic (exact) mass is 890 g/mol. The average Bonchev–Trinajstić information content (AvgIpc) is 3.44. The Kier molecular flexibility index (Phi) is 9.38. The van der Waals surface area contributed by atoms with Crippen LogP contribution in [0, 0.1) is 22.7 Å². The van der Waals surface area contributed by atoms with E-state index in [1.54, 1.807) is 6.07 Å². The Balaban J connectivity index is 1.16. The summed E-state index contributed by atoms with van der Waals surface area (Å²) in [7, 11) is 0. The predicted molar refractivity (Wildman–Crippen MR) is 284 cm³/mol. The molecule has 11 aromatic carbocycles. The second kappa shape index (κ2) is 16.1. The van der Waals surface area contributed by atoms with E-state index in [0.29, 0.717) is 22.5 Å². The quantitative estimate of drug-likeness (QED) is 0.167. The minimum absolute atomic E-state index is 0.396. The van der Waals surface area contributed by atoms with E-state index in [-0.39, 0.29) is 0 Å². The number of para-hydroxylation sites is 2.